The average Bonchev–Trinajstić information content (AvgIpc) is 2.92. The van der Waals surface area contributed by atoms with Gasteiger partial charge in [-0.1, -0.05) is 11.6 Å². The molecule has 3 aliphatic heterocycles. The van der Waals surface area contributed by atoms with Gasteiger partial charge in [0, 0.05) is 19.6 Å². The molecule has 182 valence electrons. The minimum Gasteiger partial charge on any atom is -0.444 e. The quantitative estimate of drug-likeness (QED) is 0.477. The molecule has 0 spiro atoms. The van der Waals surface area contributed by atoms with Gasteiger partial charge in [-0.15, -0.1) is 0 Å². The van der Waals surface area contributed by atoms with E-state index in [2.05, 4.69) is 9.88 Å². The van der Waals surface area contributed by atoms with Crippen molar-refractivity contribution in [1.82, 2.24) is 14.8 Å². The minimum atomic E-state index is -0.613. The summed E-state index contributed by atoms with van der Waals surface area (Å²) < 4.78 is 23.8. The van der Waals surface area contributed by atoms with Crippen molar-refractivity contribution >= 4 is 30.4 Å². The Bertz CT molecular complexity index is 891. The summed E-state index contributed by atoms with van der Waals surface area (Å²) in [6.45, 7) is 16.7. The van der Waals surface area contributed by atoms with Crippen LogP contribution in [-0.4, -0.2) is 83.7 Å². The largest absolute Gasteiger partial charge is 0.514 e. The lowest BCUT2D eigenvalue weighted by Crippen LogP contribution is -2.60. The van der Waals surface area contributed by atoms with Crippen molar-refractivity contribution < 1.29 is 23.6 Å². The van der Waals surface area contributed by atoms with Gasteiger partial charge in [-0.3, -0.25) is 4.90 Å². The lowest BCUT2D eigenvalue weighted by Gasteiger charge is -2.48. The first-order chi connectivity index (χ1) is 15.3. The number of piperazine rings is 1. The molecule has 0 aromatic carbocycles. The van der Waals surface area contributed by atoms with E-state index in [1.807, 2.05) is 60.6 Å². The molecule has 0 radical (unpaired) electrons. The van der Waals surface area contributed by atoms with Gasteiger partial charge < -0.3 is 23.7 Å². The summed E-state index contributed by atoms with van der Waals surface area (Å²) in [4.78, 5) is 21.6. The predicted octanol–water partition coefficient (Wildman–Crippen LogP) is 3.03. The highest BCUT2D eigenvalue weighted by atomic mass is 35.5. The smallest absolute Gasteiger partial charge is 0.444 e. The van der Waals surface area contributed by atoms with Gasteiger partial charge in [0.1, 0.15) is 10.8 Å². The Labute approximate surface area is 202 Å². The Hall–Kier alpha value is -1.39. The molecule has 3 aliphatic rings. The summed E-state index contributed by atoms with van der Waals surface area (Å²) in [5.74, 6) is 0. The first kappa shape index (κ1) is 24.7. The van der Waals surface area contributed by atoms with Crippen LogP contribution in [0, 0.1) is 0 Å². The number of ether oxygens (including phenoxy) is 2. The number of pyridine rings is 1. The summed E-state index contributed by atoms with van der Waals surface area (Å²) in [7, 11) is -0.613. The first-order valence-corrected chi connectivity index (χ1v) is 12.0. The fraction of sp³-hybridized carbons (Fsp3) is 0.739. The SMILES string of the molecule is CC(C)(C)OC(=O)N1C[C@H]2COCCN2[C@H](c2cc(Cl)nc(B3OC(C)(C)C(C)(C)O3)c2)C1. The maximum atomic E-state index is 12.9. The number of halogens is 1. The Kier molecular flexibility index (Phi) is 6.51. The Balaban J connectivity index is 1.64. The van der Waals surface area contributed by atoms with Crippen molar-refractivity contribution in [3.05, 3.63) is 22.8 Å². The second-order valence-corrected chi connectivity index (χ2v) is 11.5. The van der Waals surface area contributed by atoms with Crippen molar-refractivity contribution in [1.29, 1.82) is 0 Å². The van der Waals surface area contributed by atoms with E-state index in [9.17, 15) is 4.79 Å². The van der Waals surface area contributed by atoms with Crippen LogP contribution in [-0.2, 0) is 18.8 Å². The van der Waals surface area contributed by atoms with E-state index in [1.165, 1.54) is 0 Å². The van der Waals surface area contributed by atoms with E-state index < -0.39 is 23.9 Å². The molecule has 3 fully saturated rings. The third kappa shape index (κ3) is 5.17. The number of fused-ring (bicyclic) bond motifs is 1. The van der Waals surface area contributed by atoms with E-state index >= 15 is 0 Å². The van der Waals surface area contributed by atoms with Gasteiger partial charge in [-0.2, -0.15) is 0 Å². The van der Waals surface area contributed by atoms with Crippen LogP contribution in [0.15, 0.2) is 12.1 Å². The van der Waals surface area contributed by atoms with Crippen molar-refractivity contribution in [3.8, 4) is 0 Å². The van der Waals surface area contributed by atoms with Gasteiger partial charge in [-0.25, -0.2) is 9.78 Å². The average molecular weight is 480 g/mol. The van der Waals surface area contributed by atoms with Gasteiger partial charge in [0.25, 0.3) is 0 Å². The van der Waals surface area contributed by atoms with E-state index in [1.54, 1.807) is 4.90 Å². The van der Waals surface area contributed by atoms with Gasteiger partial charge >= 0.3 is 13.2 Å². The van der Waals surface area contributed by atoms with Crippen LogP contribution in [0.4, 0.5) is 4.79 Å². The molecule has 10 heteroatoms. The summed E-state index contributed by atoms with van der Waals surface area (Å²) >= 11 is 6.48. The standard InChI is InChI=1S/C23H35BClN3O5/c1-21(2,3)31-20(29)27-12-16-14-30-9-8-28(16)17(13-27)15-10-18(26-19(25)11-15)24-32-22(4,5)23(6,7)33-24/h10-11,16-17H,8-9,12-14H2,1-7H3/t16-,17-/m0/s1. The molecule has 33 heavy (non-hydrogen) atoms. The lowest BCUT2D eigenvalue weighted by atomic mass is 9.82. The Morgan fingerprint density at radius 1 is 1.18 bits per heavy atom. The lowest BCUT2D eigenvalue weighted by molar-refractivity contribution is -0.0759. The zero-order valence-corrected chi connectivity index (χ0v) is 21.4. The maximum Gasteiger partial charge on any atom is 0.514 e. The zero-order valence-electron chi connectivity index (χ0n) is 20.7. The van der Waals surface area contributed by atoms with Gasteiger partial charge in [0.05, 0.1) is 42.1 Å². The van der Waals surface area contributed by atoms with Crippen LogP contribution >= 0.6 is 11.6 Å². The highest BCUT2D eigenvalue weighted by molar-refractivity contribution is 6.61. The second kappa shape index (κ2) is 8.68. The molecule has 1 aromatic rings. The Morgan fingerprint density at radius 2 is 1.85 bits per heavy atom. The number of carbonyl (C=O) groups is 1. The highest BCUT2D eigenvalue weighted by Crippen LogP contribution is 2.37. The van der Waals surface area contributed by atoms with E-state index in [-0.39, 0.29) is 18.2 Å². The van der Waals surface area contributed by atoms with Crippen molar-refractivity contribution in [2.24, 2.45) is 0 Å². The van der Waals surface area contributed by atoms with Gasteiger partial charge in [0.2, 0.25) is 0 Å². The molecule has 1 aromatic heterocycles. The third-order valence-electron chi connectivity index (χ3n) is 6.87. The molecule has 8 nitrogen and oxygen atoms in total. The van der Waals surface area contributed by atoms with Gasteiger partial charge in [-0.05, 0) is 66.2 Å². The summed E-state index contributed by atoms with van der Waals surface area (Å²) in [6.07, 6.45) is -0.316. The second-order valence-electron chi connectivity index (χ2n) is 11.1. The van der Waals surface area contributed by atoms with Crippen molar-refractivity contribution in [2.45, 2.75) is 77.4 Å². The molecule has 0 unspecified atom stereocenters. The van der Waals surface area contributed by atoms with Crippen LogP contribution in [0.1, 0.15) is 60.1 Å². The molecule has 4 heterocycles. The van der Waals surface area contributed by atoms with Gasteiger partial charge in [0.15, 0.2) is 0 Å². The number of aromatic nitrogens is 1. The topological polar surface area (TPSA) is 73.4 Å². The van der Waals surface area contributed by atoms with E-state index in [0.29, 0.717) is 37.0 Å². The van der Waals surface area contributed by atoms with Crippen LogP contribution in [0.5, 0.6) is 0 Å². The number of amides is 1. The third-order valence-corrected chi connectivity index (χ3v) is 7.06. The normalized spacial score (nSPS) is 27.4. The molecule has 1 amide bonds. The Morgan fingerprint density at radius 3 is 2.48 bits per heavy atom. The fourth-order valence-electron chi connectivity index (χ4n) is 4.47. The monoisotopic (exact) mass is 479 g/mol. The molecule has 2 atom stereocenters. The van der Waals surface area contributed by atoms with Crippen molar-refractivity contribution in [2.75, 3.05) is 32.8 Å². The number of hydrogen-bond donors (Lipinski definition) is 0. The summed E-state index contributed by atoms with van der Waals surface area (Å²) in [6, 6.07) is 3.87. The molecule has 4 rings (SSSR count). The summed E-state index contributed by atoms with van der Waals surface area (Å²) in [5, 5.41) is 0.372. The fourth-order valence-corrected chi connectivity index (χ4v) is 4.69. The molecular formula is C23H35BClN3O5. The van der Waals surface area contributed by atoms with Crippen LogP contribution in [0.25, 0.3) is 0 Å². The molecule has 0 bridgehead atoms. The number of morpholine rings is 1. The molecule has 0 saturated carbocycles. The van der Waals surface area contributed by atoms with E-state index in [4.69, 9.17) is 30.4 Å². The number of rotatable bonds is 2. The molecule has 3 saturated heterocycles. The summed E-state index contributed by atoms with van der Waals surface area (Å²) in [5.41, 5.74) is 0.0944. The van der Waals surface area contributed by atoms with E-state index in [0.717, 1.165) is 12.1 Å². The number of nitrogens with zero attached hydrogens (tertiary/aromatic N) is 3. The molecule has 0 aliphatic carbocycles. The maximum absolute atomic E-state index is 12.9. The van der Waals surface area contributed by atoms with Crippen LogP contribution in [0.3, 0.4) is 0 Å². The molecular weight excluding hydrogens is 445 g/mol. The minimum absolute atomic E-state index is 0.0677. The predicted molar refractivity (Wildman–Crippen MR) is 127 cm³/mol. The number of carbonyl (C=O) groups excluding carboxylic acids is 1. The highest BCUT2D eigenvalue weighted by Gasteiger charge is 2.52. The zero-order chi connectivity index (χ0) is 24.2. The van der Waals surface area contributed by atoms with Crippen LogP contribution < -0.4 is 5.59 Å². The molecule has 0 N–H and O–H groups in total. The van der Waals surface area contributed by atoms with Crippen molar-refractivity contribution in [3.63, 3.8) is 0 Å². The number of hydrogen-bond acceptors (Lipinski definition) is 7. The van der Waals surface area contributed by atoms with Crippen LogP contribution in [0.2, 0.25) is 5.15 Å². The first-order valence-electron chi connectivity index (χ1n) is 11.6.